The summed E-state index contributed by atoms with van der Waals surface area (Å²) in [7, 11) is 0. The van der Waals surface area contributed by atoms with Crippen LogP contribution in [0.1, 0.15) is 27.0 Å². The van der Waals surface area contributed by atoms with Gasteiger partial charge in [0, 0.05) is 16.7 Å². The van der Waals surface area contributed by atoms with Crippen molar-refractivity contribution in [1.29, 1.82) is 0 Å². The average molecular weight is 405 g/mol. The molecule has 1 aliphatic heterocycles. The third-order valence-corrected chi connectivity index (χ3v) is 4.78. The minimum atomic E-state index is -3.00. The molecule has 0 fully saturated rings. The van der Waals surface area contributed by atoms with E-state index < -0.39 is 18.4 Å². The van der Waals surface area contributed by atoms with Crippen LogP contribution in [0.5, 0.6) is 5.75 Å². The molecule has 3 aromatic rings. The number of nitrogens with zero attached hydrogens (tertiary/aromatic N) is 1. The monoisotopic (exact) mass is 405 g/mol. The van der Waals surface area contributed by atoms with Crippen LogP contribution in [0.3, 0.4) is 0 Å². The lowest BCUT2D eigenvalue weighted by molar-refractivity contribution is -0.112. The van der Waals surface area contributed by atoms with E-state index in [1.54, 1.807) is 60.7 Å². The Bertz CT molecular complexity index is 1170. The second kappa shape index (κ2) is 7.91. The number of fused-ring (bicyclic) bond motifs is 1. The van der Waals surface area contributed by atoms with E-state index in [2.05, 4.69) is 4.74 Å². The highest BCUT2D eigenvalue weighted by atomic mass is 19.3. The first-order valence-corrected chi connectivity index (χ1v) is 9.26. The molecule has 1 aliphatic rings. The van der Waals surface area contributed by atoms with Gasteiger partial charge in [0.25, 0.3) is 11.8 Å². The zero-order chi connectivity index (χ0) is 21.3. The Labute approximate surface area is 172 Å². The standard InChI is InChI=1S/C24H17F2NO3/c1-15-7-6-9-17(13-15)27-22(28)19-11-4-3-10-18(19)20(23(27)29)14-16-8-2-5-12-21(16)30-24(25)26/h2-14,24H,1H3. The van der Waals surface area contributed by atoms with Gasteiger partial charge in [0.05, 0.1) is 5.69 Å². The van der Waals surface area contributed by atoms with Crippen molar-refractivity contribution in [3.05, 3.63) is 95.1 Å². The van der Waals surface area contributed by atoms with Crippen LogP contribution < -0.4 is 9.64 Å². The summed E-state index contributed by atoms with van der Waals surface area (Å²) in [4.78, 5) is 27.6. The van der Waals surface area contributed by atoms with Gasteiger partial charge < -0.3 is 4.74 Å². The fraction of sp³-hybridized carbons (Fsp3) is 0.0833. The summed E-state index contributed by atoms with van der Waals surface area (Å²) in [5.74, 6) is -1.02. The molecule has 0 N–H and O–H groups in total. The molecule has 30 heavy (non-hydrogen) atoms. The molecular formula is C24H17F2NO3. The molecule has 1 heterocycles. The maximum absolute atomic E-state index is 13.4. The Kier molecular flexibility index (Phi) is 5.14. The van der Waals surface area contributed by atoms with Crippen LogP contribution in [0.2, 0.25) is 0 Å². The maximum atomic E-state index is 13.4. The molecule has 0 aromatic heterocycles. The maximum Gasteiger partial charge on any atom is 0.387 e. The van der Waals surface area contributed by atoms with E-state index >= 15 is 0 Å². The average Bonchev–Trinajstić information content (AvgIpc) is 2.72. The van der Waals surface area contributed by atoms with Crippen LogP contribution in [0.25, 0.3) is 11.6 Å². The smallest absolute Gasteiger partial charge is 0.387 e. The van der Waals surface area contributed by atoms with Crippen LogP contribution in [0.4, 0.5) is 14.5 Å². The molecule has 0 bridgehead atoms. The second-order valence-electron chi connectivity index (χ2n) is 6.80. The summed E-state index contributed by atoms with van der Waals surface area (Å²) >= 11 is 0. The third kappa shape index (κ3) is 3.59. The Morgan fingerprint density at radius 3 is 2.30 bits per heavy atom. The number of para-hydroxylation sites is 1. The van der Waals surface area contributed by atoms with E-state index in [9.17, 15) is 18.4 Å². The lowest BCUT2D eigenvalue weighted by Crippen LogP contribution is -2.41. The number of aryl methyl sites for hydroxylation is 1. The highest BCUT2D eigenvalue weighted by Crippen LogP contribution is 2.35. The van der Waals surface area contributed by atoms with Crippen molar-refractivity contribution in [3.63, 3.8) is 0 Å². The normalized spacial score (nSPS) is 14.9. The second-order valence-corrected chi connectivity index (χ2v) is 6.80. The molecule has 0 aliphatic carbocycles. The zero-order valence-corrected chi connectivity index (χ0v) is 16.0. The fourth-order valence-electron chi connectivity index (χ4n) is 3.45. The number of ether oxygens (including phenoxy) is 1. The topological polar surface area (TPSA) is 46.6 Å². The molecule has 3 aromatic carbocycles. The number of hydrogen-bond donors (Lipinski definition) is 0. The van der Waals surface area contributed by atoms with Gasteiger partial charge in [0.1, 0.15) is 5.75 Å². The predicted molar refractivity (Wildman–Crippen MR) is 110 cm³/mol. The zero-order valence-electron chi connectivity index (χ0n) is 16.0. The number of carbonyl (C=O) groups is 2. The highest BCUT2D eigenvalue weighted by molar-refractivity contribution is 6.43. The Balaban J connectivity index is 1.89. The number of benzene rings is 3. The first-order chi connectivity index (χ1) is 14.5. The molecule has 0 atom stereocenters. The summed E-state index contributed by atoms with van der Waals surface area (Å²) < 4.78 is 30.2. The first-order valence-electron chi connectivity index (χ1n) is 9.26. The molecule has 6 heteroatoms. The molecule has 0 radical (unpaired) electrons. The van der Waals surface area contributed by atoms with E-state index in [0.29, 0.717) is 22.4 Å². The number of alkyl halides is 2. The van der Waals surface area contributed by atoms with Gasteiger partial charge in [-0.1, -0.05) is 48.5 Å². The number of carbonyl (C=O) groups excluding carboxylic acids is 2. The summed E-state index contributed by atoms with van der Waals surface area (Å²) in [6.07, 6.45) is 1.48. The van der Waals surface area contributed by atoms with Crippen molar-refractivity contribution in [1.82, 2.24) is 0 Å². The van der Waals surface area contributed by atoms with Crippen molar-refractivity contribution in [2.45, 2.75) is 13.5 Å². The quantitative estimate of drug-likeness (QED) is 0.436. The van der Waals surface area contributed by atoms with Gasteiger partial charge >= 0.3 is 6.61 Å². The van der Waals surface area contributed by atoms with Crippen molar-refractivity contribution in [2.75, 3.05) is 4.90 Å². The minimum Gasteiger partial charge on any atom is -0.434 e. The van der Waals surface area contributed by atoms with Gasteiger partial charge in [0.15, 0.2) is 0 Å². The number of rotatable bonds is 4. The SMILES string of the molecule is Cc1cccc(N2C(=O)C(=Cc3ccccc3OC(F)F)c3ccccc3C2=O)c1. The van der Waals surface area contributed by atoms with Gasteiger partial charge in [-0.25, -0.2) is 4.90 Å². The van der Waals surface area contributed by atoms with Gasteiger partial charge in [-0.3, -0.25) is 9.59 Å². The van der Waals surface area contributed by atoms with Gasteiger partial charge in [-0.15, -0.1) is 0 Å². The van der Waals surface area contributed by atoms with Crippen molar-refractivity contribution in [2.24, 2.45) is 0 Å². The number of hydrogen-bond acceptors (Lipinski definition) is 3. The molecule has 2 amide bonds. The number of imide groups is 1. The van der Waals surface area contributed by atoms with Gasteiger partial charge in [-0.2, -0.15) is 8.78 Å². The molecule has 4 rings (SSSR count). The van der Waals surface area contributed by atoms with E-state index in [1.807, 2.05) is 13.0 Å². The molecule has 4 nitrogen and oxygen atoms in total. The molecular weight excluding hydrogens is 388 g/mol. The third-order valence-electron chi connectivity index (χ3n) is 4.78. The lowest BCUT2D eigenvalue weighted by Gasteiger charge is -2.29. The molecule has 0 spiro atoms. The minimum absolute atomic E-state index is 0.0516. The summed E-state index contributed by atoms with van der Waals surface area (Å²) in [5.41, 5.74) is 2.68. The van der Waals surface area contributed by atoms with Gasteiger partial charge in [0.2, 0.25) is 0 Å². The Morgan fingerprint density at radius 1 is 0.867 bits per heavy atom. The van der Waals surface area contributed by atoms with Gasteiger partial charge in [-0.05, 0) is 48.4 Å². The van der Waals surface area contributed by atoms with Crippen LogP contribution in [0.15, 0.2) is 72.8 Å². The van der Waals surface area contributed by atoms with E-state index in [-0.39, 0.29) is 11.3 Å². The van der Waals surface area contributed by atoms with E-state index in [1.165, 1.54) is 12.1 Å². The Hall–Kier alpha value is -3.80. The lowest BCUT2D eigenvalue weighted by atomic mass is 9.91. The van der Waals surface area contributed by atoms with Crippen LogP contribution in [-0.4, -0.2) is 18.4 Å². The van der Waals surface area contributed by atoms with Crippen LogP contribution in [-0.2, 0) is 4.79 Å². The van der Waals surface area contributed by atoms with Crippen molar-refractivity contribution >= 4 is 29.2 Å². The molecule has 150 valence electrons. The van der Waals surface area contributed by atoms with E-state index in [0.717, 1.165) is 10.5 Å². The van der Waals surface area contributed by atoms with Crippen LogP contribution in [0, 0.1) is 6.92 Å². The van der Waals surface area contributed by atoms with Crippen LogP contribution >= 0.6 is 0 Å². The largest absolute Gasteiger partial charge is 0.434 e. The first kappa shape index (κ1) is 19.5. The molecule has 0 saturated carbocycles. The molecule has 0 saturated heterocycles. The van der Waals surface area contributed by atoms with Crippen molar-refractivity contribution < 1.29 is 23.1 Å². The Morgan fingerprint density at radius 2 is 1.57 bits per heavy atom. The number of anilines is 1. The number of halogens is 2. The van der Waals surface area contributed by atoms with E-state index in [4.69, 9.17) is 0 Å². The molecule has 0 unspecified atom stereocenters. The number of amides is 2. The summed E-state index contributed by atoms with van der Waals surface area (Å²) in [6.45, 7) is -1.13. The predicted octanol–water partition coefficient (Wildman–Crippen LogP) is 5.32. The highest BCUT2D eigenvalue weighted by Gasteiger charge is 2.35. The summed E-state index contributed by atoms with van der Waals surface area (Å²) in [6, 6.07) is 20.0. The fourth-order valence-corrected chi connectivity index (χ4v) is 3.45. The summed E-state index contributed by atoms with van der Waals surface area (Å²) in [5, 5.41) is 0. The van der Waals surface area contributed by atoms with Crippen molar-refractivity contribution in [3.8, 4) is 5.75 Å².